The maximum Gasteiger partial charge on any atom is 0.326 e. The van der Waals surface area contributed by atoms with Gasteiger partial charge in [-0.25, -0.2) is 17.5 Å². The van der Waals surface area contributed by atoms with E-state index in [1.807, 2.05) is 0 Å². The number of carboxylic acids is 1. The van der Waals surface area contributed by atoms with Crippen molar-refractivity contribution in [3.63, 3.8) is 0 Å². The molecule has 2 rings (SSSR count). The molecular weight excluding hydrogens is 320 g/mol. The normalized spacial score (nSPS) is 18.4. The van der Waals surface area contributed by atoms with E-state index < -0.39 is 27.9 Å². The minimum absolute atomic E-state index is 0.0162. The molecule has 0 spiro atoms. The minimum Gasteiger partial charge on any atom is -0.480 e. The standard InChI is InChI=1S/C15H20N2O5S/c1-10-6-7-11(23(21,22)16(2)3)9-12(10)14(18)17-8-4-5-13(17)15(19)20/h6-7,9,13H,4-5,8H2,1-3H3,(H,19,20)/t13-/m0/s1. The molecule has 1 aromatic carbocycles. The van der Waals surface area contributed by atoms with Crippen molar-refractivity contribution in [2.75, 3.05) is 20.6 Å². The summed E-state index contributed by atoms with van der Waals surface area (Å²) in [6.07, 6.45) is 1.03. The second kappa shape index (κ2) is 6.29. The lowest BCUT2D eigenvalue weighted by molar-refractivity contribution is -0.141. The molecule has 1 aliphatic rings. The fourth-order valence-electron chi connectivity index (χ4n) is 2.62. The van der Waals surface area contributed by atoms with Crippen LogP contribution >= 0.6 is 0 Å². The fraction of sp³-hybridized carbons (Fsp3) is 0.467. The Morgan fingerprint density at radius 1 is 1.30 bits per heavy atom. The van der Waals surface area contributed by atoms with Crippen molar-refractivity contribution in [3.05, 3.63) is 29.3 Å². The van der Waals surface area contributed by atoms with Crippen LogP contribution in [0.5, 0.6) is 0 Å². The van der Waals surface area contributed by atoms with Crippen molar-refractivity contribution < 1.29 is 23.1 Å². The van der Waals surface area contributed by atoms with E-state index in [0.717, 1.165) is 4.31 Å². The highest BCUT2D eigenvalue weighted by Crippen LogP contribution is 2.24. The Morgan fingerprint density at radius 3 is 2.52 bits per heavy atom. The molecule has 0 radical (unpaired) electrons. The van der Waals surface area contributed by atoms with Crippen LogP contribution < -0.4 is 0 Å². The van der Waals surface area contributed by atoms with Crippen LogP contribution in [-0.2, 0) is 14.8 Å². The molecule has 8 heteroatoms. The van der Waals surface area contributed by atoms with E-state index in [0.29, 0.717) is 24.9 Å². The van der Waals surface area contributed by atoms with Gasteiger partial charge >= 0.3 is 5.97 Å². The molecule has 1 aromatic rings. The second-order valence-corrected chi connectivity index (χ2v) is 7.91. The summed E-state index contributed by atoms with van der Waals surface area (Å²) in [5.74, 6) is -1.48. The van der Waals surface area contributed by atoms with E-state index in [1.54, 1.807) is 13.0 Å². The summed E-state index contributed by atoms with van der Waals surface area (Å²) >= 11 is 0. The van der Waals surface area contributed by atoms with E-state index in [-0.39, 0.29) is 10.5 Å². The van der Waals surface area contributed by atoms with Gasteiger partial charge in [0.25, 0.3) is 5.91 Å². The lowest BCUT2D eigenvalue weighted by Crippen LogP contribution is -2.40. The zero-order chi connectivity index (χ0) is 17.4. The lowest BCUT2D eigenvalue weighted by atomic mass is 10.1. The molecule has 1 aliphatic heterocycles. The predicted octanol–water partition coefficient (Wildman–Crippen LogP) is 0.935. The maximum absolute atomic E-state index is 12.7. The average Bonchev–Trinajstić information content (AvgIpc) is 2.96. The molecule has 0 aliphatic carbocycles. The zero-order valence-electron chi connectivity index (χ0n) is 13.3. The van der Waals surface area contributed by atoms with Crippen molar-refractivity contribution >= 4 is 21.9 Å². The number of likely N-dealkylation sites (tertiary alicyclic amines) is 1. The first kappa shape index (κ1) is 17.4. The molecule has 23 heavy (non-hydrogen) atoms. The molecule has 0 unspecified atom stereocenters. The summed E-state index contributed by atoms with van der Waals surface area (Å²) in [6.45, 7) is 2.06. The molecule has 0 aromatic heterocycles. The number of sulfonamides is 1. The monoisotopic (exact) mass is 340 g/mol. The zero-order valence-corrected chi connectivity index (χ0v) is 14.1. The highest BCUT2D eigenvalue weighted by Gasteiger charge is 2.35. The topological polar surface area (TPSA) is 95.0 Å². The number of carbonyl (C=O) groups is 2. The van der Waals surface area contributed by atoms with Crippen molar-refractivity contribution in [1.29, 1.82) is 0 Å². The van der Waals surface area contributed by atoms with Gasteiger partial charge in [-0.1, -0.05) is 6.07 Å². The van der Waals surface area contributed by atoms with Gasteiger partial charge in [0.05, 0.1) is 4.90 Å². The smallest absolute Gasteiger partial charge is 0.326 e. The van der Waals surface area contributed by atoms with E-state index in [4.69, 9.17) is 0 Å². The molecule has 0 saturated carbocycles. The Labute approximate surface area is 135 Å². The third kappa shape index (κ3) is 3.23. The van der Waals surface area contributed by atoms with E-state index in [1.165, 1.54) is 31.1 Å². The first-order valence-corrected chi connectivity index (χ1v) is 8.67. The number of carboxylic acid groups (broad SMARTS) is 1. The van der Waals surface area contributed by atoms with Crippen LogP contribution in [0.2, 0.25) is 0 Å². The highest BCUT2D eigenvalue weighted by atomic mass is 32.2. The Hall–Kier alpha value is -1.93. The Balaban J connectivity index is 2.43. The number of nitrogens with zero attached hydrogens (tertiary/aromatic N) is 2. The van der Waals surface area contributed by atoms with Crippen LogP contribution in [0.15, 0.2) is 23.1 Å². The molecule has 1 fully saturated rings. The van der Waals surface area contributed by atoms with Crippen molar-refractivity contribution in [3.8, 4) is 0 Å². The van der Waals surface area contributed by atoms with Crippen molar-refractivity contribution in [1.82, 2.24) is 9.21 Å². The van der Waals surface area contributed by atoms with Crippen LogP contribution in [0.4, 0.5) is 0 Å². The van der Waals surface area contributed by atoms with Gasteiger partial charge in [-0.3, -0.25) is 4.79 Å². The van der Waals surface area contributed by atoms with Crippen molar-refractivity contribution in [2.24, 2.45) is 0 Å². The first-order chi connectivity index (χ1) is 10.7. The Kier molecular flexibility index (Phi) is 4.76. The summed E-state index contributed by atoms with van der Waals surface area (Å²) in [5, 5.41) is 9.21. The number of rotatable bonds is 4. The molecule has 0 bridgehead atoms. The van der Waals surface area contributed by atoms with Crippen LogP contribution in [0.3, 0.4) is 0 Å². The molecule has 1 saturated heterocycles. The highest BCUT2D eigenvalue weighted by molar-refractivity contribution is 7.89. The number of benzene rings is 1. The van der Waals surface area contributed by atoms with Gasteiger partial charge in [0.2, 0.25) is 10.0 Å². The van der Waals surface area contributed by atoms with Gasteiger partial charge in [-0.2, -0.15) is 0 Å². The predicted molar refractivity (Wildman–Crippen MR) is 83.7 cm³/mol. The molecule has 126 valence electrons. The average molecular weight is 340 g/mol. The van der Waals surface area contributed by atoms with Gasteiger partial charge in [-0.05, 0) is 37.5 Å². The largest absolute Gasteiger partial charge is 0.480 e. The van der Waals surface area contributed by atoms with E-state index >= 15 is 0 Å². The lowest BCUT2D eigenvalue weighted by Gasteiger charge is -2.23. The molecular formula is C15H20N2O5S. The van der Waals surface area contributed by atoms with Gasteiger partial charge in [0, 0.05) is 26.2 Å². The number of aryl methyl sites for hydroxylation is 1. The number of hydrogen-bond acceptors (Lipinski definition) is 4. The molecule has 1 amide bonds. The summed E-state index contributed by atoms with van der Waals surface area (Å²) in [5.41, 5.74) is 0.838. The van der Waals surface area contributed by atoms with Crippen LogP contribution in [-0.4, -0.2) is 61.3 Å². The van der Waals surface area contributed by atoms with Gasteiger partial charge in [0.1, 0.15) is 6.04 Å². The van der Waals surface area contributed by atoms with Gasteiger partial charge in [-0.15, -0.1) is 0 Å². The molecule has 1 heterocycles. The number of hydrogen-bond donors (Lipinski definition) is 1. The maximum atomic E-state index is 12.7. The first-order valence-electron chi connectivity index (χ1n) is 7.23. The van der Waals surface area contributed by atoms with Crippen molar-refractivity contribution in [2.45, 2.75) is 30.7 Å². The summed E-state index contributed by atoms with van der Waals surface area (Å²) in [7, 11) is -0.828. The summed E-state index contributed by atoms with van der Waals surface area (Å²) in [6, 6.07) is 3.48. The molecule has 1 N–H and O–H groups in total. The van der Waals surface area contributed by atoms with Gasteiger partial charge < -0.3 is 10.0 Å². The number of amides is 1. The third-order valence-corrected chi connectivity index (χ3v) is 5.83. The third-order valence-electron chi connectivity index (χ3n) is 4.02. The number of carbonyl (C=O) groups excluding carboxylic acids is 1. The molecule has 7 nitrogen and oxygen atoms in total. The number of aliphatic carboxylic acids is 1. The minimum atomic E-state index is -3.66. The molecule has 1 atom stereocenters. The van der Waals surface area contributed by atoms with Crippen LogP contribution in [0, 0.1) is 6.92 Å². The van der Waals surface area contributed by atoms with Gasteiger partial charge in [0.15, 0.2) is 0 Å². The fourth-order valence-corrected chi connectivity index (χ4v) is 3.55. The Bertz CT molecular complexity index is 742. The second-order valence-electron chi connectivity index (χ2n) is 5.76. The van der Waals surface area contributed by atoms with Crippen LogP contribution in [0.25, 0.3) is 0 Å². The van der Waals surface area contributed by atoms with E-state index in [2.05, 4.69) is 0 Å². The quantitative estimate of drug-likeness (QED) is 0.880. The Morgan fingerprint density at radius 2 is 1.96 bits per heavy atom. The SMILES string of the molecule is Cc1ccc(S(=O)(=O)N(C)C)cc1C(=O)N1CCC[C@H]1C(=O)O. The summed E-state index contributed by atoms with van der Waals surface area (Å²) < 4.78 is 25.5. The summed E-state index contributed by atoms with van der Waals surface area (Å²) in [4.78, 5) is 25.3. The van der Waals surface area contributed by atoms with Crippen LogP contribution in [0.1, 0.15) is 28.8 Å². The van der Waals surface area contributed by atoms with E-state index in [9.17, 15) is 23.1 Å².